The Hall–Kier alpha value is -2.58. The number of anilines is 2. The van der Waals surface area contributed by atoms with Crippen molar-refractivity contribution in [3.63, 3.8) is 0 Å². The van der Waals surface area contributed by atoms with Crippen molar-refractivity contribution in [1.82, 2.24) is 24.6 Å². The van der Waals surface area contributed by atoms with Gasteiger partial charge in [-0.15, -0.1) is 0 Å². The third-order valence-corrected chi connectivity index (χ3v) is 4.47. The summed E-state index contributed by atoms with van der Waals surface area (Å²) in [6.45, 7) is 9.53. The number of rotatable bonds is 2. The van der Waals surface area contributed by atoms with E-state index in [0.29, 0.717) is 25.3 Å². The molecular weight excluding hydrogens is 334 g/mol. The summed E-state index contributed by atoms with van der Waals surface area (Å²) in [5, 5.41) is 5.14. The van der Waals surface area contributed by atoms with Gasteiger partial charge < -0.3 is 20.3 Å². The average molecular weight is 361 g/mol. The number of hydrogen-bond donors (Lipinski definition) is 1. The van der Waals surface area contributed by atoms with Crippen LogP contribution in [0.4, 0.5) is 16.6 Å². The fourth-order valence-electron chi connectivity index (χ4n) is 3.22. The molecule has 1 saturated heterocycles. The molecule has 2 aromatic rings. The number of nitrogen functional groups attached to an aromatic ring is 1. The van der Waals surface area contributed by atoms with Crippen molar-refractivity contribution in [2.75, 3.05) is 30.3 Å². The smallest absolute Gasteiger partial charge is 0.410 e. The predicted octanol–water partition coefficient (Wildman–Crippen LogP) is 1.78. The molecule has 3 rings (SSSR count). The van der Waals surface area contributed by atoms with Crippen molar-refractivity contribution in [2.45, 2.75) is 45.8 Å². The van der Waals surface area contributed by atoms with Crippen LogP contribution in [0.2, 0.25) is 0 Å². The molecule has 1 aliphatic heterocycles. The fourth-order valence-corrected chi connectivity index (χ4v) is 3.22. The van der Waals surface area contributed by atoms with Crippen LogP contribution in [0.25, 0.3) is 11.0 Å². The number of fused-ring (bicyclic) bond motifs is 1. The Balaban J connectivity index is 1.86. The zero-order chi connectivity index (χ0) is 19.1. The van der Waals surface area contributed by atoms with E-state index in [9.17, 15) is 4.79 Å². The number of carbonyl (C=O) groups is 1. The number of hydrogen-bond acceptors (Lipinski definition) is 7. The first-order chi connectivity index (χ1) is 12.2. The second-order valence-electron chi connectivity index (χ2n) is 7.59. The Kier molecular flexibility index (Phi) is 4.64. The number of nitrogens with zero attached hydrogens (tertiary/aromatic N) is 6. The maximum atomic E-state index is 12.4. The lowest BCUT2D eigenvalue weighted by atomic mass is 10.1. The summed E-state index contributed by atoms with van der Waals surface area (Å²) in [6, 6.07) is 0.119. The topological polar surface area (TPSA) is 102 Å². The molecule has 142 valence electrons. The fraction of sp³-hybridized carbons (Fsp3) is 0.647. The molecule has 1 atom stereocenters. The van der Waals surface area contributed by atoms with Crippen molar-refractivity contribution in [1.29, 1.82) is 0 Å². The zero-order valence-corrected chi connectivity index (χ0v) is 16.1. The number of aromatic nitrogens is 4. The summed E-state index contributed by atoms with van der Waals surface area (Å²) < 4.78 is 7.20. The van der Waals surface area contributed by atoms with Gasteiger partial charge in [-0.25, -0.2) is 4.79 Å². The lowest BCUT2D eigenvalue weighted by Gasteiger charge is -2.42. The van der Waals surface area contributed by atoms with Crippen LogP contribution in [0.3, 0.4) is 0 Å². The summed E-state index contributed by atoms with van der Waals surface area (Å²) in [6.07, 6.45) is 2.35. The molecule has 1 fully saturated rings. The van der Waals surface area contributed by atoms with Crippen LogP contribution in [0.15, 0.2) is 6.20 Å². The van der Waals surface area contributed by atoms with E-state index in [1.165, 1.54) is 0 Å². The number of carbonyl (C=O) groups excluding carboxylic acids is 1. The molecule has 9 nitrogen and oxygen atoms in total. The first kappa shape index (κ1) is 18.2. The summed E-state index contributed by atoms with van der Waals surface area (Å²) in [4.78, 5) is 25.1. The molecule has 9 heteroatoms. The predicted molar refractivity (Wildman–Crippen MR) is 99.9 cm³/mol. The van der Waals surface area contributed by atoms with Gasteiger partial charge in [-0.3, -0.25) is 4.68 Å². The van der Waals surface area contributed by atoms with Crippen LogP contribution < -0.4 is 10.6 Å². The minimum atomic E-state index is -0.501. The van der Waals surface area contributed by atoms with Crippen molar-refractivity contribution >= 4 is 28.9 Å². The van der Waals surface area contributed by atoms with Crippen molar-refractivity contribution < 1.29 is 9.53 Å². The monoisotopic (exact) mass is 361 g/mol. The Bertz CT molecular complexity index is 811. The summed E-state index contributed by atoms with van der Waals surface area (Å²) >= 11 is 0. The van der Waals surface area contributed by atoms with E-state index in [4.69, 9.17) is 10.5 Å². The van der Waals surface area contributed by atoms with E-state index in [0.717, 1.165) is 17.6 Å². The third kappa shape index (κ3) is 3.51. The highest BCUT2D eigenvalue weighted by Gasteiger charge is 2.33. The van der Waals surface area contributed by atoms with Crippen LogP contribution in [-0.4, -0.2) is 62.0 Å². The minimum Gasteiger partial charge on any atom is -0.444 e. The number of ether oxygens (including phenoxy) is 1. The normalized spacial score (nSPS) is 18.4. The highest BCUT2D eigenvalue weighted by molar-refractivity contribution is 5.88. The van der Waals surface area contributed by atoms with Crippen molar-refractivity contribution in [3.05, 3.63) is 6.20 Å². The Morgan fingerprint density at radius 3 is 2.73 bits per heavy atom. The van der Waals surface area contributed by atoms with Gasteiger partial charge >= 0.3 is 6.09 Å². The van der Waals surface area contributed by atoms with Gasteiger partial charge in [0.1, 0.15) is 11.4 Å². The number of nitrogens with two attached hydrogens (primary N) is 1. The molecule has 1 aliphatic rings. The maximum absolute atomic E-state index is 12.4. The lowest BCUT2D eigenvalue weighted by Crippen LogP contribution is -2.55. The van der Waals surface area contributed by atoms with Crippen LogP contribution >= 0.6 is 0 Å². The molecule has 0 bridgehead atoms. The van der Waals surface area contributed by atoms with Gasteiger partial charge in [-0.1, -0.05) is 6.92 Å². The van der Waals surface area contributed by atoms with Crippen LogP contribution in [0.5, 0.6) is 0 Å². The average Bonchev–Trinajstić information content (AvgIpc) is 2.93. The molecule has 0 spiro atoms. The molecule has 2 N–H and O–H groups in total. The Morgan fingerprint density at radius 1 is 1.35 bits per heavy atom. The third-order valence-electron chi connectivity index (χ3n) is 4.47. The molecule has 0 saturated carbocycles. The number of aryl methyl sites for hydroxylation is 1. The van der Waals surface area contributed by atoms with Crippen LogP contribution in [0.1, 0.15) is 34.1 Å². The standard InChI is InChI=1S/C17H27N7O2/c1-6-11-10-23(16(25)26-17(2,3)4)7-8-24(11)14-12-9-19-22(5)13(12)20-15(18)21-14/h9,11H,6-8,10H2,1-5H3,(H2,18,20,21)/t11-/m0/s1. The first-order valence-electron chi connectivity index (χ1n) is 8.89. The zero-order valence-electron chi connectivity index (χ0n) is 16.1. The molecule has 3 heterocycles. The molecule has 0 aliphatic carbocycles. The molecule has 0 unspecified atom stereocenters. The van der Waals surface area contributed by atoms with E-state index in [2.05, 4.69) is 26.9 Å². The van der Waals surface area contributed by atoms with Crippen LogP contribution in [0, 0.1) is 0 Å². The van der Waals surface area contributed by atoms with E-state index in [-0.39, 0.29) is 18.1 Å². The molecular formula is C17H27N7O2. The van der Waals surface area contributed by atoms with Gasteiger partial charge in [0.15, 0.2) is 5.65 Å². The Labute approximate surface area is 153 Å². The van der Waals surface area contributed by atoms with Gasteiger partial charge in [-0.2, -0.15) is 15.1 Å². The SMILES string of the molecule is CC[C@H]1CN(C(=O)OC(C)(C)C)CCN1c1nc(N)nc2c1cnn2C. The highest BCUT2D eigenvalue weighted by atomic mass is 16.6. The number of amides is 1. The van der Waals surface area contributed by atoms with E-state index in [1.54, 1.807) is 15.8 Å². The van der Waals surface area contributed by atoms with Gasteiger partial charge in [0.2, 0.25) is 5.95 Å². The molecule has 2 aromatic heterocycles. The molecule has 26 heavy (non-hydrogen) atoms. The first-order valence-corrected chi connectivity index (χ1v) is 8.89. The minimum absolute atomic E-state index is 0.119. The second kappa shape index (κ2) is 6.62. The molecule has 1 amide bonds. The van der Waals surface area contributed by atoms with Gasteiger partial charge in [0.25, 0.3) is 0 Å². The van der Waals surface area contributed by atoms with Crippen molar-refractivity contribution in [3.8, 4) is 0 Å². The van der Waals surface area contributed by atoms with Gasteiger partial charge in [-0.05, 0) is 27.2 Å². The highest BCUT2D eigenvalue weighted by Crippen LogP contribution is 2.28. The largest absolute Gasteiger partial charge is 0.444 e. The lowest BCUT2D eigenvalue weighted by molar-refractivity contribution is 0.0213. The van der Waals surface area contributed by atoms with Gasteiger partial charge in [0, 0.05) is 32.7 Å². The quantitative estimate of drug-likeness (QED) is 0.870. The Morgan fingerprint density at radius 2 is 2.08 bits per heavy atom. The van der Waals surface area contributed by atoms with Crippen LogP contribution in [-0.2, 0) is 11.8 Å². The maximum Gasteiger partial charge on any atom is 0.410 e. The van der Waals surface area contributed by atoms with Crippen molar-refractivity contribution in [2.24, 2.45) is 7.05 Å². The second-order valence-corrected chi connectivity index (χ2v) is 7.59. The molecule has 0 radical (unpaired) electrons. The molecule has 0 aromatic carbocycles. The number of piperazine rings is 1. The van der Waals surface area contributed by atoms with E-state index >= 15 is 0 Å². The summed E-state index contributed by atoms with van der Waals surface area (Å²) in [5.74, 6) is 0.997. The summed E-state index contributed by atoms with van der Waals surface area (Å²) in [5.41, 5.74) is 6.12. The van der Waals surface area contributed by atoms with E-state index < -0.39 is 5.60 Å². The van der Waals surface area contributed by atoms with E-state index in [1.807, 2.05) is 27.8 Å². The van der Waals surface area contributed by atoms with Gasteiger partial charge in [0.05, 0.1) is 11.6 Å². The summed E-state index contributed by atoms with van der Waals surface area (Å²) in [7, 11) is 1.83.